The lowest BCUT2D eigenvalue weighted by Crippen LogP contribution is -2.08. The van der Waals surface area contributed by atoms with Crippen molar-refractivity contribution < 1.29 is 9.84 Å². The first kappa shape index (κ1) is 13.0. The van der Waals surface area contributed by atoms with E-state index in [2.05, 4.69) is 6.07 Å². The smallest absolute Gasteiger partial charge is 0.122 e. The topological polar surface area (TPSA) is 29.5 Å². The minimum Gasteiger partial charge on any atom is -0.493 e. The first-order valence-electron chi connectivity index (χ1n) is 7.76. The molecule has 2 heteroatoms. The number of fused-ring (bicyclic) bond motifs is 1. The second kappa shape index (κ2) is 5.96. The molecule has 0 radical (unpaired) electrons. The van der Waals surface area contributed by atoms with Crippen molar-refractivity contribution in [2.24, 2.45) is 5.92 Å². The minimum absolute atomic E-state index is 0.298. The van der Waals surface area contributed by atoms with E-state index in [9.17, 15) is 5.11 Å². The van der Waals surface area contributed by atoms with E-state index in [1.807, 2.05) is 12.1 Å². The summed E-state index contributed by atoms with van der Waals surface area (Å²) in [6.45, 7) is 0.789. The summed E-state index contributed by atoms with van der Waals surface area (Å²) in [7, 11) is 0. The second-order valence-electron chi connectivity index (χ2n) is 6.06. The van der Waals surface area contributed by atoms with Crippen LogP contribution in [0.5, 0.6) is 5.75 Å². The molecule has 1 fully saturated rings. The van der Waals surface area contributed by atoms with Crippen LogP contribution in [0.25, 0.3) is 0 Å². The number of hydrogen-bond acceptors (Lipinski definition) is 2. The quantitative estimate of drug-likeness (QED) is 0.886. The van der Waals surface area contributed by atoms with Gasteiger partial charge in [0, 0.05) is 6.42 Å². The zero-order valence-electron chi connectivity index (χ0n) is 11.6. The Hall–Kier alpha value is -1.02. The van der Waals surface area contributed by atoms with Gasteiger partial charge in [0.25, 0.3) is 0 Å². The zero-order chi connectivity index (χ0) is 13.1. The fourth-order valence-corrected chi connectivity index (χ4v) is 3.45. The van der Waals surface area contributed by atoms with Crippen molar-refractivity contribution in [1.29, 1.82) is 0 Å². The van der Waals surface area contributed by atoms with E-state index in [1.54, 1.807) is 0 Å². The average molecular weight is 260 g/mol. The molecule has 19 heavy (non-hydrogen) atoms. The van der Waals surface area contributed by atoms with Gasteiger partial charge in [-0.15, -0.1) is 0 Å². The molecule has 2 nitrogen and oxygen atoms in total. The van der Waals surface area contributed by atoms with Crippen LogP contribution in [0.3, 0.4) is 0 Å². The summed E-state index contributed by atoms with van der Waals surface area (Å²) in [5.74, 6) is 1.85. The van der Waals surface area contributed by atoms with E-state index < -0.39 is 0 Å². The van der Waals surface area contributed by atoms with Crippen LogP contribution in [0.15, 0.2) is 18.2 Å². The summed E-state index contributed by atoms with van der Waals surface area (Å²) >= 11 is 0. The number of rotatable bonds is 4. The SMILES string of the molecule is OC(CCC1CCCCC1)c1ccc2c(c1)CCO2. The third kappa shape index (κ3) is 3.11. The van der Waals surface area contributed by atoms with Gasteiger partial charge >= 0.3 is 0 Å². The van der Waals surface area contributed by atoms with Crippen molar-refractivity contribution in [2.75, 3.05) is 6.61 Å². The number of ether oxygens (including phenoxy) is 1. The Morgan fingerprint density at radius 2 is 2.05 bits per heavy atom. The molecule has 1 saturated carbocycles. The maximum atomic E-state index is 10.3. The summed E-state index contributed by atoms with van der Waals surface area (Å²) in [5.41, 5.74) is 2.33. The minimum atomic E-state index is -0.298. The number of aliphatic hydroxyl groups is 1. The molecule has 0 aromatic heterocycles. The molecule has 1 aromatic carbocycles. The second-order valence-corrected chi connectivity index (χ2v) is 6.06. The molecule has 3 rings (SSSR count). The van der Waals surface area contributed by atoms with Gasteiger partial charge in [-0.05, 0) is 42.0 Å². The molecule has 1 aliphatic heterocycles. The van der Waals surface area contributed by atoms with Gasteiger partial charge in [0.15, 0.2) is 0 Å². The average Bonchev–Trinajstić information content (AvgIpc) is 2.93. The van der Waals surface area contributed by atoms with Crippen LogP contribution in [0, 0.1) is 5.92 Å². The predicted octanol–water partition coefficient (Wildman–Crippen LogP) is 4.02. The maximum Gasteiger partial charge on any atom is 0.122 e. The number of benzene rings is 1. The van der Waals surface area contributed by atoms with E-state index in [-0.39, 0.29) is 6.10 Å². The van der Waals surface area contributed by atoms with Crippen molar-refractivity contribution >= 4 is 0 Å². The van der Waals surface area contributed by atoms with Crippen LogP contribution < -0.4 is 4.74 Å². The van der Waals surface area contributed by atoms with Crippen molar-refractivity contribution in [3.8, 4) is 5.75 Å². The molecule has 1 unspecified atom stereocenters. The van der Waals surface area contributed by atoms with E-state index in [0.29, 0.717) is 0 Å². The van der Waals surface area contributed by atoms with Gasteiger partial charge in [-0.1, -0.05) is 38.2 Å². The standard InChI is InChI=1S/C17H24O2/c18-16(8-6-13-4-2-1-3-5-13)14-7-9-17-15(12-14)10-11-19-17/h7,9,12-13,16,18H,1-6,8,10-11H2. The highest BCUT2D eigenvalue weighted by Crippen LogP contribution is 2.32. The van der Waals surface area contributed by atoms with Gasteiger partial charge in [-0.2, -0.15) is 0 Å². The van der Waals surface area contributed by atoms with Crippen molar-refractivity contribution in [1.82, 2.24) is 0 Å². The zero-order valence-corrected chi connectivity index (χ0v) is 11.6. The predicted molar refractivity (Wildman–Crippen MR) is 76.4 cm³/mol. The van der Waals surface area contributed by atoms with E-state index >= 15 is 0 Å². The molecule has 104 valence electrons. The highest BCUT2D eigenvalue weighted by Gasteiger charge is 2.18. The fraction of sp³-hybridized carbons (Fsp3) is 0.647. The molecule has 1 atom stereocenters. The van der Waals surface area contributed by atoms with Gasteiger partial charge in [-0.25, -0.2) is 0 Å². The molecule has 1 aromatic rings. The van der Waals surface area contributed by atoms with E-state index in [1.165, 1.54) is 44.1 Å². The first-order chi connectivity index (χ1) is 9.33. The Balaban J connectivity index is 1.56. The number of hydrogen-bond donors (Lipinski definition) is 1. The van der Waals surface area contributed by atoms with Gasteiger partial charge in [-0.3, -0.25) is 0 Å². The lowest BCUT2D eigenvalue weighted by atomic mass is 9.85. The summed E-state index contributed by atoms with van der Waals surface area (Å²) in [4.78, 5) is 0. The Bertz CT molecular complexity index is 421. The van der Waals surface area contributed by atoms with Crippen LogP contribution >= 0.6 is 0 Å². The Morgan fingerprint density at radius 3 is 2.89 bits per heavy atom. The van der Waals surface area contributed by atoms with Crippen LogP contribution in [-0.4, -0.2) is 11.7 Å². The van der Waals surface area contributed by atoms with E-state index in [0.717, 1.165) is 36.7 Å². The van der Waals surface area contributed by atoms with Crippen LogP contribution in [0.2, 0.25) is 0 Å². The van der Waals surface area contributed by atoms with Crippen molar-refractivity contribution in [3.05, 3.63) is 29.3 Å². The molecule has 0 spiro atoms. The van der Waals surface area contributed by atoms with Gasteiger partial charge in [0.2, 0.25) is 0 Å². The Kier molecular flexibility index (Phi) is 4.07. The summed E-state index contributed by atoms with van der Waals surface area (Å²) < 4.78 is 5.51. The summed E-state index contributed by atoms with van der Waals surface area (Å²) in [5, 5.41) is 10.3. The van der Waals surface area contributed by atoms with Gasteiger partial charge < -0.3 is 9.84 Å². The molecular formula is C17H24O2. The highest BCUT2D eigenvalue weighted by atomic mass is 16.5. The van der Waals surface area contributed by atoms with Crippen LogP contribution in [0.1, 0.15) is 62.2 Å². The monoisotopic (exact) mass is 260 g/mol. The molecule has 1 heterocycles. The Labute approximate surface area is 115 Å². The molecule has 0 saturated heterocycles. The van der Waals surface area contributed by atoms with Gasteiger partial charge in [0.1, 0.15) is 5.75 Å². The van der Waals surface area contributed by atoms with Crippen molar-refractivity contribution in [2.45, 2.75) is 57.5 Å². The lowest BCUT2D eigenvalue weighted by Gasteiger charge is -2.22. The Morgan fingerprint density at radius 1 is 1.21 bits per heavy atom. The number of aliphatic hydroxyl groups excluding tert-OH is 1. The third-order valence-electron chi connectivity index (χ3n) is 4.67. The maximum absolute atomic E-state index is 10.3. The van der Waals surface area contributed by atoms with E-state index in [4.69, 9.17) is 4.74 Å². The van der Waals surface area contributed by atoms with Gasteiger partial charge in [0.05, 0.1) is 12.7 Å². The lowest BCUT2D eigenvalue weighted by molar-refractivity contribution is 0.151. The van der Waals surface area contributed by atoms with Crippen LogP contribution in [0.4, 0.5) is 0 Å². The molecule has 0 amide bonds. The first-order valence-corrected chi connectivity index (χ1v) is 7.76. The molecule has 1 N–H and O–H groups in total. The largest absolute Gasteiger partial charge is 0.493 e. The highest BCUT2D eigenvalue weighted by molar-refractivity contribution is 5.40. The third-order valence-corrected chi connectivity index (χ3v) is 4.67. The molecule has 2 aliphatic rings. The summed E-state index contributed by atoms with van der Waals surface area (Å²) in [6.07, 6.45) is 9.68. The molecular weight excluding hydrogens is 236 g/mol. The fourth-order valence-electron chi connectivity index (χ4n) is 3.45. The summed E-state index contributed by atoms with van der Waals surface area (Å²) in [6, 6.07) is 6.17. The van der Waals surface area contributed by atoms with Crippen molar-refractivity contribution in [3.63, 3.8) is 0 Å². The molecule has 0 bridgehead atoms. The normalized spacial score (nSPS) is 20.9. The molecule has 1 aliphatic carbocycles. The van der Waals surface area contributed by atoms with Crippen LogP contribution in [-0.2, 0) is 6.42 Å².